The predicted molar refractivity (Wildman–Crippen MR) is 121 cm³/mol. The molecule has 7 heteroatoms. The number of hydrogen-bond donors (Lipinski definition) is 1. The van der Waals surface area contributed by atoms with E-state index in [1.807, 2.05) is 61.5 Å². The van der Waals surface area contributed by atoms with Crippen LogP contribution in [0.2, 0.25) is 0 Å². The lowest BCUT2D eigenvalue weighted by Crippen LogP contribution is -2.49. The molecule has 2 fully saturated rings. The van der Waals surface area contributed by atoms with E-state index in [-0.39, 0.29) is 35.6 Å². The van der Waals surface area contributed by atoms with Crippen LogP contribution in [0.4, 0.5) is 0 Å². The minimum Gasteiger partial charge on any atom is -0.452 e. The van der Waals surface area contributed by atoms with Crippen LogP contribution >= 0.6 is 11.6 Å². The van der Waals surface area contributed by atoms with Crippen molar-refractivity contribution in [3.05, 3.63) is 71.3 Å². The number of carbonyl (C=O) groups is 3. The quantitative estimate of drug-likeness (QED) is 0.537. The summed E-state index contributed by atoms with van der Waals surface area (Å²) in [5, 5.41) is 2.61. The fraction of sp³-hybridized carbons (Fsp3) is 0.400. The average molecular weight is 455 g/mol. The number of benzene rings is 2. The van der Waals surface area contributed by atoms with Crippen LogP contribution in [-0.2, 0) is 32.1 Å². The van der Waals surface area contributed by atoms with E-state index in [2.05, 4.69) is 5.32 Å². The molecule has 0 aliphatic carbocycles. The van der Waals surface area contributed by atoms with Gasteiger partial charge in [-0.15, -0.1) is 11.6 Å². The van der Waals surface area contributed by atoms with Gasteiger partial charge in [-0.25, -0.2) is 0 Å². The number of carbonyl (C=O) groups excluding carboxylic acids is 3. The van der Waals surface area contributed by atoms with Crippen LogP contribution in [0.15, 0.2) is 54.6 Å². The van der Waals surface area contributed by atoms with Crippen molar-refractivity contribution >= 4 is 29.4 Å². The Morgan fingerprint density at radius 1 is 1.09 bits per heavy atom. The van der Waals surface area contributed by atoms with E-state index >= 15 is 0 Å². The molecule has 1 N–H and O–H groups in total. The van der Waals surface area contributed by atoms with Crippen LogP contribution in [0.3, 0.4) is 0 Å². The van der Waals surface area contributed by atoms with Gasteiger partial charge >= 0.3 is 5.97 Å². The van der Waals surface area contributed by atoms with Crippen molar-refractivity contribution < 1.29 is 19.1 Å². The number of aryl methyl sites for hydroxylation is 1. The maximum Gasteiger partial charge on any atom is 0.310 e. The molecular weight excluding hydrogens is 428 g/mol. The van der Waals surface area contributed by atoms with Gasteiger partial charge in [0.1, 0.15) is 6.04 Å². The highest BCUT2D eigenvalue weighted by Crippen LogP contribution is 2.30. The maximum absolute atomic E-state index is 13.2. The van der Waals surface area contributed by atoms with Crippen LogP contribution < -0.4 is 5.32 Å². The third-order valence-corrected chi connectivity index (χ3v) is 6.56. The summed E-state index contributed by atoms with van der Waals surface area (Å²) in [6, 6.07) is 16.8. The second-order valence-corrected chi connectivity index (χ2v) is 9.15. The number of esters is 1. The van der Waals surface area contributed by atoms with Gasteiger partial charge in [0.05, 0.1) is 11.3 Å². The first-order valence-corrected chi connectivity index (χ1v) is 11.4. The van der Waals surface area contributed by atoms with Crippen molar-refractivity contribution in [1.29, 1.82) is 0 Å². The van der Waals surface area contributed by atoms with E-state index in [9.17, 15) is 14.4 Å². The van der Waals surface area contributed by atoms with Gasteiger partial charge < -0.3 is 15.0 Å². The van der Waals surface area contributed by atoms with Crippen LogP contribution in [0, 0.1) is 12.8 Å². The molecule has 2 heterocycles. The van der Waals surface area contributed by atoms with Gasteiger partial charge in [-0.1, -0.05) is 54.6 Å². The minimum atomic E-state index is -0.871. The smallest absolute Gasteiger partial charge is 0.310 e. The summed E-state index contributed by atoms with van der Waals surface area (Å²) in [7, 11) is 0. The fourth-order valence-electron chi connectivity index (χ4n) is 4.43. The third-order valence-electron chi connectivity index (χ3n) is 6.24. The van der Waals surface area contributed by atoms with Crippen molar-refractivity contribution in [1.82, 2.24) is 10.2 Å². The summed E-state index contributed by atoms with van der Waals surface area (Å²) in [6.45, 7) is 2.64. The SMILES string of the molecule is Cc1ccccc1CNC(=O)[C@@H]1C[C@H](Cl)CN1C(=O)C1C[C@@H](Cc2ccccc2)C(=O)O1. The highest BCUT2D eigenvalue weighted by atomic mass is 35.5. The topological polar surface area (TPSA) is 75.7 Å². The fourth-order valence-corrected chi connectivity index (χ4v) is 4.74. The van der Waals surface area contributed by atoms with E-state index in [0.717, 1.165) is 16.7 Å². The average Bonchev–Trinajstić information content (AvgIpc) is 3.36. The first-order valence-electron chi connectivity index (χ1n) is 10.9. The normalized spacial score (nSPS) is 24.9. The van der Waals surface area contributed by atoms with Gasteiger partial charge in [0.25, 0.3) is 5.91 Å². The standard InChI is InChI=1S/C25H27ClN2O4/c1-16-7-5-6-10-18(16)14-27-23(29)21-13-20(26)15-28(21)24(30)22-12-19(25(31)32-22)11-17-8-3-2-4-9-17/h2-10,19-22H,11-15H2,1H3,(H,27,29)/t19-,20+,21+,22?/m1/s1. The lowest BCUT2D eigenvalue weighted by Gasteiger charge is -2.26. The zero-order chi connectivity index (χ0) is 22.7. The number of cyclic esters (lactones) is 1. The van der Waals surface area contributed by atoms with Crippen LogP contribution in [0.1, 0.15) is 29.5 Å². The second-order valence-electron chi connectivity index (χ2n) is 8.53. The molecule has 0 aromatic heterocycles. The monoisotopic (exact) mass is 454 g/mol. The Kier molecular flexibility index (Phi) is 6.80. The number of rotatable bonds is 6. The number of alkyl halides is 1. The van der Waals surface area contributed by atoms with E-state index < -0.39 is 12.1 Å². The van der Waals surface area contributed by atoms with E-state index in [1.165, 1.54) is 4.90 Å². The molecule has 2 aromatic carbocycles. The molecule has 2 aliphatic heterocycles. The number of nitrogens with zero attached hydrogens (tertiary/aromatic N) is 1. The summed E-state index contributed by atoms with van der Waals surface area (Å²) in [4.78, 5) is 40.0. The number of hydrogen-bond acceptors (Lipinski definition) is 4. The summed E-state index contributed by atoms with van der Waals surface area (Å²) in [5.74, 6) is -1.31. The highest BCUT2D eigenvalue weighted by Gasteiger charge is 2.46. The van der Waals surface area contributed by atoms with Crippen molar-refractivity contribution in [2.45, 2.75) is 50.3 Å². The second kappa shape index (κ2) is 9.74. The van der Waals surface area contributed by atoms with Gasteiger partial charge in [0.15, 0.2) is 6.10 Å². The molecule has 2 aliphatic rings. The molecule has 0 radical (unpaired) electrons. The van der Waals surface area contributed by atoms with Crippen molar-refractivity contribution in [3.63, 3.8) is 0 Å². The molecule has 2 aromatic rings. The molecule has 1 unspecified atom stereocenters. The molecule has 4 rings (SSSR count). The Morgan fingerprint density at radius 3 is 2.56 bits per heavy atom. The Hall–Kier alpha value is -2.86. The largest absolute Gasteiger partial charge is 0.452 e. The van der Waals surface area contributed by atoms with E-state index in [0.29, 0.717) is 25.8 Å². The molecule has 2 amide bonds. The number of amides is 2. The lowest BCUT2D eigenvalue weighted by atomic mass is 9.96. The molecule has 0 saturated carbocycles. The highest BCUT2D eigenvalue weighted by molar-refractivity contribution is 6.21. The number of nitrogens with one attached hydrogen (secondary N) is 1. The van der Waals surface area contributed by atoms with Gasteiger partial charge in [-0.2, -0.15) is 0 Å². The van der Waals surface area contributed by atoms with E-state index in [4.69, 9.17) is 16.3 Å². The number of ether oxygens (including phenoxy) is 1. The Labute approximate surface area is 192 Å². The Balaban J connectivity index is 1.39. The summed E-state index contributed by atoms with van der Waals surface area (Å²) in [6.07, 6.45) is 0.348. The molecule has 168 valence electrons. The lowest BCUT2D eigenvalue weighted by molar-refractivity contribution is -0.155. The summed E-state index contributed by atoms with van der Waals surface area (Å²) in [5.41, 5.74) is 3.13. The number of halogens is 1. The van der Waals surface area contributed by atoms with Gasteiger partial charge in [-0.3, -0.25) is 14.4 Å². The zero-order valence-electron chi connectivity index (χ0n) is 18.0. The van der Waals surface area contributed by atoms with Crippen molar-refractivity contribution in [2.75, 3.05) is 6.54 Å². The third kappa shape index (κ3) is 4.96. The minimum absolute atomic E-state index is 0.241. The van der Waals surface area contributed by atoms with Gasteiger partial charge in [0, 0.05) is 19.5 Å². The van der Waals surface area contributed by atoms with Gasteiger partial charge in [0.2, 0.25) is 5.91 Å². The zero-order valence-corrected chi connectivity index (χ0v) is 18.8. The maximum atomic E-state index is 13.2. The van der Waals surface area contributed by atoms with Crippen molar-refractivity contribution in [3.8, 4) is 0 Å². The molecule has 0 bridgehead atoms. The first-order chi connectivity index (χ1) is 15.4. The molecule has 2 saturated heterocycles. The molecule has 6 nitrogen and oxygen atoms in total. The first kappa shape index (κ1) is 22.3. The van der Waals surface area contributed by atoms with E-state index in [1.54, 1.807) is 0 Å². The van der Waals surface area contributed by atoms with Gasteiger partial charge in [-0.05, 0) is 36.5 Å². The molecule has 4 atom stereocenters. The van der Waals surface area contributed by atoms with Crippen LogP contribution in [-0.4, -0.2) is 46.8 Å². The van der Waals surface area contributed by atoms with Crippen LogP contribution in [0.5, 0.6) is 0 Å². The Bertz CT molecular complexity index is 996. The number of likely N-dealkylation sites (tertiary alicyclic amines) is 1. The predicted octanol–water partition coefficient (Wildman–Crippen LogP) is 2.99. The Morgan fingerprint density at radius 2 is 1.81 bits per heavy atom. The summed E-state index contributed by atoms with van der Waals surface area (Å²) >= 11 is 6.32. The molecule has 32 heavy (non-hydrogen) atoms. The molecule has 0 spiro atoms. The van der Waals surface area contributed by atoms with Crippen LogP contribution in [0.25, 0.3) is 0 Å². The summed E-state index contributed by atoms with van der Waals surface area (Å²) < 4.78 is 5.42. The van der Waals surface area contributed by atoms with Crippen molar-refractivity contribution in [2.24, 2.45) is 5.92 Å². The molecular formula is C25H27ClN2O4.